The average molecular weight is 310 g/mol. The molecule has 6 heteroatoms. The second kappa shape index (κ2) is 6.75. The Morgan fingerprint density at radius 1 is 1.48 bits per heavy atom. The van der Waals surface area contributed by atoms with Gasteiger partial charge in [0.1, 0.15) is 5.92 Å². The molecule has 5 nitrogen and oxygen atoms in total. The summed E-state index contributed by atoms with van der Waals surface area (Å²) in [4.78, 5) is 17.8. The Bertz CT molecular complexity index is 497. The van der Waals surface area contributed by atoms with Crippen LogP contribution in [0.5, 0.6) is 0 Å². The van der Waals surface area contributed by atoms with E-state index in [2.05, 4.69) is 10.3 Å². The van der Waals surface area contributed by atoms with Gasteiger partial charge in [0.25, 0.3) is 0 Å². The maximum Gasteiger partial charge on any atom is 0.315 e. The van der Waals surface area contributed by atoms with Gasteiger partial charge in [-0.3, -0.25) is 4.79 Å². The van der Waals surface area contributed by atoms with Crippen LogP contribution in [0.1, 0.15) is 49.1 Å². The molecule has 1 aromatic rings. The van der Waals surface area contributed by atoms with Crippen molar-refractivity contribution in [2.75, 3.05) is 25.1 Å². The van der Waals surface area contributed by atoms with Crippen LogP contribution in [0.25, 0.3) is 0 Å². The Balaban J connectivity index is 1.59. The van der Waals surface area contributed by atoms with E-state index < -0.39 is 0 Å². The van der Waals surface area contributed by atoms with E-state index in [1.807, 2.05) is 6.92 Å². The molecule has 1 N–H and O–H groups in total. The zero-order chi connectivity index (χ0) is 14.7. The number of thiazole rings is 1. The number of anilines is 1. The molecule has 0 spiro atoms. The summed E-state index contributed by atoms with van der Waals surface area (Å²) < 4.78 is 10.8. The van der Waals surface area contributed by atoms with Crippen molar-refractivity contribution in [3.63, 3.8) is 0 Å². The normalized spacial score (nSPS) is 24.6. The number of esters is 1. The minimum Gasteiger partial charge on any atom is -0.465 e. The van der Waals surface area contributed by atoms with E-state index >= 15 is 0 Å². The van der Waals surface area contributed by atoms with E-state index in [4.69, 9.17) is 9.47 Å². The standard InChI is InChI=1S/C15H22N2O3S/c1-2-19-14(18)11-6-7-12-13(11)17-15(21-12)16-9-10-5-3-4-8-20-10/h10-11H,2-9H2,1H3,(H,16,17). The van der Waals surface area contributed by atoms with Crippen molar-refractivity contribution in [2.45, 2.75) is 51.0 Å². The van der Waals surface area contributed by atoms with E-state index in [1.165, 1.54) is 17.7 Å². The summed E-state index contributed by atoms with van der Waals surface area (Å²) >= 11 is 1.66. The summed E-state index contributed by atoms with van der Waals surface area (Å²) in [5.41, 5.74) is 0.922. The molecule has 0 saturated carbocycles. The van der Waals surface area contributed by atoms with Gasteiger partial charge in [-0.05, 0) is 39.0 Å². The molecule has 1 aromatic heterocycles. The Morgan fingerprint density at radius 3 is 3.14 bits per heavy atom. The molecule has 0 radical (unpaired) electrons. The Morgan fingerprint density at radius 2 is 2.38 bits per heavy atom. The second-order valence-electron chi connectivity index (χ2n) is 5.54. The maximum absolute atomic E-state index is 11.9. The van der Waals surface area contributed by atoms with Gasteiger partial charge in [0.15, 0.2) is 5.13 Å². The molecule has 1 saturated heterocycles. The van der Waals surface area contributed by atoms with Crippen LogP contribution in [0.4, 0.5) is 5.13 Å². The molecule has 2 atom stereocenters. The van der Waals surface area contributed by atoms with Gasteiger partial charge >= 0.3 is 5.97 Å². The summed E-state index contributed by atoms with van der Waals surface area (Å²) in [7, 11) is 0. The van der Waals surface area contributed by atoms with Gasteiger partial charge < -0.3 is 14.8 Å². The lowest BCUT2D eigenvalue weighted by molar-refractivity contribution is -0.145. The fraction of sp³-hybridized carbons (Fsp3) is 0.733. The third-order valence-corrected chi connectivity index (χ3v) is 5.13. The largest absolute Gasteiger partial charge is 0.465 e. The highest BCUT2D eigenvalue weighted by molar-refractivity contribution is 7.15. The van der Waals surface area contributed by atoms with E-state index in [0.29, 0.717) is 12.7 Å². The number of aryl methyl sites for hydroxylation is 1. The van der Waals surface area contributed by atoms with Crippen molar-refractivity contribution in [2.24, 2.45) is 0 Å². The molecule has 0 aromatic carbocycles. The van der Waals surface area contributed by atoms with Crippen molar-refractivity contribution in [1.82, 2.24) is 4.98 Å². The fourth-order valence-corrected chi connectivity index (χ4v) is 3.99. The van der Waals surface area contributed by atoms with Crippen molar-refractivity contribution in [3.8, 4) is 0 Å². The highest BCUT2D eigenvalue weighted by Gasteiger charge is 2.33. The number of aromatic nitrogens is 1. The van der Waals surface area contributed by atoms with Crippen LogP contribution in [0, 0.1) is 0 Å². The SMILES string of the molecule is CCOC(=O)C1CCc2sc(NCC3CCCCO3)nc21. The van der Waals surface area contributed by atoms with E-state index in [0.717, 1.165) is 43.2 Å². The molecular weight excluding hydrogens is 288 g/mol. The number of nitrogens with zero attached hydrogens (tertiary/aromatic N) is 1. The second-order valence-corrected chi connectivity index (χ2v) is 6.62. The van der Waals surface area contributed by atoms with Crippen molar-refractivity contribution in [1.29, 1.82) is 0 Å². The van der Waals surface area contributed by atoms with E-state index in [1.54, 1.807) is 11.3 Å². The Hall–Kier alpha value is -1.14. The topological polar surface area (TPSA) is 60.5 Å². The molecule has 2 unspecified atom stereocenters. The Kier molecular flexibility index (Phi) is 4.75. The van der Waals surface area contributed by atoms with Gasteiger partial charge in [-0.25, -0.2) is 4.98 Å². The molecule has 3 rings (SSSR count). The van der Waals surface area contributed by atoms with Gasteiger partial charge in [-0.15, -0.1) is 11.3 Å². The quantitative estimate of drug-likeness (QED) is 0.847. The lowest BCUT2D eigenvalue weighted by Gasteiger charge is -2.22. The van der Waals surface area contributed by atoms with Crippen LogP contribution in [-0.2, 0) is 20.7 Å². The minimum atomic E-state index is -0.169. The van der Waals surface area contributed by atoms with Crippen LogP contribution in [-0.4, -0.2) is 36.8 Å². The number of carbonyl (C=O) groups is 1. The molecule has 1 fully saturated rings. The van der Waals surface area contributed by atoms with Crippen LogP contribution in [0.3, 0.4) is 0 Å². The monoisotopic (exact) mass is 310 g/mol. The number of rotatable bonds is 5. The first-order valence-corrected chi connectivity index (χ1v) is 8.61. The average Bonchev–Trinajstić information content (AvgIpc) is 3.06. The summed E-state index contributed by atoms with van der Waals surface area (Å²) in [6, 6.07) is 0. The number of fused-ring (bicyclic) bond motifs is 1. The van der Waals surface area contributed by atoms with E-state index in [9.17, 15) is 4.79 Å². The fourth-order valence-electron chi connectivity index (χ4n) is 2.94. The molecule has 2 aliphatic rings. The lowest BCUT2D eigenvalue weighted by atomic mass is 10.1. The number of hydrogen-bond donors (Lipinski definition) is 1. The first-order chi connectivity index (χ1) is 10.3. The zero-order valence-corrected chi connectivity index (χ0v) is 13.2. The van der Waals surface area contributed by atoms with Crippen molar-refractivity contribution in [3.05, 3.63) is 10.6 Å². The number of hydrogen-bond acceptors (Lipinski definition) is 6. The van der Waals surface area contributed by atoms with Gasteiger partial charge in [0, 0.05) is 18.0 Å². The molecular formula is C15H22N2O3S. The van der Waals surface area contributed by atoms with Gasteiger partial charge in [0.2, 0.25) is 0 Å². The van der Waals surface area contributed by atoms with Crippen LogP contribution < -0.4 is 5.32 Å². The van der Waals surface area contributed by atoms with Gasteiger partial charge in [0.05, 0.1) is 18.4 Å². The van der Waals surface area contributed by atoms with Gasteiger partial charge in [-0.2, -0.15) is 0 Å². The molecule has 116 valence electrons. The van der Waals surface area contributed by atoms with Crippen molar-refractivity contribution < 1.29 is 14.3 Å². The first kappa shape index (κ1) is 14.8. The highest BCUT2D eigenvalue weighted by Crippen LogP contribution is 2.39. The summed E-state index contributed by atoms with van der Waals surface area (Å²) in [6.07, 6.45) is 5.58. The van der Waals surface area contributed by atoms with Crippen LogP contribution in [0.15, 0.2) is 0 Å². The summed E-state index contributed by atoms with van der Waals surface area (Å²) in [5, 5.41) is 4.27. The zero-order valence-electron chi connectivity index (χ0n) is 12.4. The van der Waals surface area contributed by atoms with Gasteiger partial charge in [-0.1, -0.05) is 0 Å². The van der Waals surface area contributed by atoms with Crippen LogP contribution >= 0.6 is 11.3 Å². The van der Waals surface area contributed by atoms with Crippen molar-refractivity contribution >= 4 is 22.4 Å². The minimum absolute atomic E-state index is 0.135. The molecule has 1 aliphatic heterocycles. The highest BCUT2D eigenvalue weighted by atomic mass is 32.1. The molecule has 21 heavy (non-hydrogen) atoms. The molecule has 0 bridgehead atoms. The number of ether oxygens (including phenoxy) is 2. The lowest BCUT2D eigenvalue weighted by Crippen LogP contribution is -2.27. The van der Waals surface area contributed by atoms with E-state index in [-0.39, 0.29) is 11.9 Å². The third-order valence-electron chi connectivity index (χ3n) is 4.04. The molecule has 1 aliphatic carbocycles. The maximum atomic E-state index is 11.9. The molecule has 0 amide bonds. The summed E-state index contributed by atoms with van der Waals surface area (Å²) in [6.45, 7) is 3.94. The smallest absolute Gasteiger partial charge is 0.315 e. The van der Waals surface area contributed by atoms with Crippen LogP contribution in [0.2, 0.25) is 0 Å². The number of nitrogens with one attached hydrogen (secondary N) is 1. The summed E-state index contributed by atoms with van der Waals surface area (Å²) in [5.74, 6) is -0.304. The predicted molar refractivity (Wildman–Crippen MR) is 81.9 cm³/mol. The molecule has 2 heterocycles. The third kappa shape index (κ3) is 3.37. The Labute approximate surface area is 129 Å². The predicted octanol–water partition coefficient (Wildman–Crippen LogP) is 2.72. The number of carbonyl (C=O) groups excluding carboxylic acids is 1. The first-order valence-electron chi connectivity index (χ1n) is 7.79.